The van der Waals surface area contributed by atoms with Crippen LogP contribution in [0.2, 0.25) is 0 Å². The summed E-state index contributed by atoms with van der Waals surface area (Å²) >= 11 is 0. The smallest absolute Gasteiger partial charge is 0.338 e. The number of aromatic nitrogens is 1. The molecular weight excluding hydrogens is 230 g/mol. The maximum absolute atomic E-state index is 11.7. The van der Waals surface area contributed by atoms with Crippen LogP contribution in [0.3, 0.4) is 0 Å². The second-order valence-corrected chi connectivity index (χ2v) is 3.66. The van der Waals surface area contributed by atoms with Gasteiger partial charge in [0.1, 0.15) is 12.4 Å². The Morgan fingerprint density at radius 3 is 2.39 bits per heavy atom. The number of carbonyl (C=O) groups excluding carboxylic acids is 1. The molecule has 0 N–H and O–H groups in total. The zero-order valence-electron chi connectivity index (χ0n) is 10.00. The van der Waals surface area contributed by atoms with E-state index in [4.69, 9.17) is 9.47 Å². The molecule has 0 atom stereocenters. The number of rotatable bonds is 4. The first-order chi connectivity index (χ1) is 8.79. The fourth-order valence-electron chi connectivity index (χ4n) is 1.44. The topological polar surface area (TPSA) is 48.4 Å². The summed E-state index contributed by atoms with van der Waals surface area (Å²) in [6, 6.07) is 10.4. The lowest BCUT2D eigenvalue weighted by molar-refractivity contribution is 0.0472. The van der Waals surface area contributed by atoms with E-state index in [0.29, 0.717) is 11.3 Å². The van der Waals surface area contributed by atoms with Crippen molar-refractivity contribution in [1.29, 1.82) is 0 Å². The maximum atomic E-state index is 11.7. The van der Waals surface area contributed by atoms with E-state index in [1.807, 2.05) is 0 Å². The third kappa shape index (κ3) is 3.07. The Balaban J connectivity index is 1.95. The number of carbonyl (C=O) groups is 1. The normalized spacial score (nSPS) is 9.83. The van der Waals surface area contributed by atoms with Crippen molar-refractivity contribution in [3.05, 3.63) is 59.9 Å². The summed E-state index contributed by atoms with van der Waals surface area (Å²) in [7, 11) is 1.58. The lowest BCUT2D eigenvalue weighted by atomic mass is 10.2. The van der Waals surface area contributed by atoms with Gasteiger partial charge in [-0.05, 0) is 42.0 Å². The van der Waals surface area contributed by atoms with Crippen LogP contribution >= 0.6 is 0 Å². The van der Waals surface area contributed by atoms with Crippen LogP contribution in [0.5, 0.6) is 5.75 Å². The van der Waals surface area contributed by atoms with E-state index in [-0.39, 0.29) is 12.6 Å². The van der Waals surface area contributed by atoms with E-state index >= 15 is 0 Å². The molecule has 0 amide bonds. The Bertz CT molecular complexity index is 508. The van der Waals surface area contributed by atoms with Gasteiger partial charge in [0.25, 0.3) is 0 Å². The third-order valence-corrected chi connectivity index (χ3v) is 2.45. The molecule has 2 aromatic rings. The zero-order chi connectivity index (χ0) is 12.8. The first-order valence-corrected chi connectivity index (χ1v) is 5.49. The van der Waals surface area contributed by atoms with Gasteiger partial charge in [-0.15, -0.1) is 0 Å². The number of ether oxygens (including phenoxy) is 2. The van der Waals surface area contributed by atoms with Crippen molar-refractivity contribution in [2.75, 3.05) is 7.11 Å². The Morgan fingerprint density at radius 1 is 1.11 bits per heavy atom. The van der Waals surface area contributed by atoms with Crippen LogP contribution in [-0.2, 0) is 11.3 Å². The van der Waals surface area contributed by atoms with Crippen molar-refractivity contribution < 1.29 is 14.3 Å². The Morgan fingerprint density at radius 2 is 1.78 bits per heavy atom. The Hall–Kier alpha value is -2.36. The summed E-state index contributed by atoms with van der Waals surface area (Å²) < 4.78 is 10.2. The number of hydrogen-bond acceptors (Lipinski definition) is 4. The molecule has 1 aromatic carbocycles. The molecule has 0 fully saturated rings. The molecular formula is C14H13NO3. The number of esters is 1. The van der Waals surface area contributed by atoms with E-state index in [2.05, 4.69) is 4.98 Å². The number of nitrogens with zero attached hydrogens (tertiary/aromatic N) is 1. The summed E-state index contributed by atoms with van der Waals surface area (Å²) in [5.41, 5.74) is 1.41. The van der Waals surface area contributed by atoms with Crippen LogP contribution in [0.15, 0.2) is 48.8 Å². The summed E-state index contributed by atoms with van der Waals surface area (Å²) in [5.74, 6) is 0.357. The monoisotopic (exact) mass is 243 g/mol. The minimum Gasteiger partial charge on any atom is -0.497 e. The highest BCUT2D eigenvalue weighted by Gasteiger charge is 2.07. The standard InChI is InChI=1S/C14H13NO3/c1-17-13-4-2-12(3-5-13)14(16)18-10-11-6-8-15-9-7-11/h2-9H,10H2,1H3. The van der Waals surface area contributed by atoms with Crippen LogP contribution in [0.1, 0.15) is 15.9 Å². The SMILES string of the molecule is COc1ccc(C(=O)OCc2ccncc2)cc1. The van der Waals surface area contributed by atoms with Gasteiger partial charge in [-0.2, -0.15) is 0 Å². The van der Waals surface area contributed by atoms with Crippen molar-refractivity contribution in [1.82, 2.24) is 4.98 Å². The van der Waals surface area contributed by atoms with E-state index in [0.717, 1.165) is 5.56 Å². The van der Waals surface area contributed by atoms with Crippen LogP contribution in [0.25, 0.3) is 0 Å². The molecule has 4 heteroatoms. The molecule has 0 unspecified atom stereocenters. The van der Waals surface area contributed by atoms with E-state index in [9.17, 15) is 4.79 Å². The molecule has 0 saturated heterocycles. The number of methoxy groups -OCH3 is 1. The van der Waals surface area contributed by atoms with E-state index < -0.39 is 0 Å². The average molecular weight is 243 g/mol. The third-order valence-electron chi connectivity index (χ3n) is 2.45. The van der Waals surface area contributed by atoms with E-state index in [1.54, 1.807) is 55.9 Å². The molecule has 4 nitrogen and oxygen atoms in total. The fraction of sp³-hybridized carbons (Fsp3) is 0.143. The summed E-state index contributed by atoms with van der Waals surface area (Å²) in [5, 5.41) is 0. The van der Waals surface area contributed by atoms with Gasteiger partial charge in [0.15, 0.2) is 0 Å². The minimum atomic E-state index is -0.352. The fourth-order valence-corrected chi connectivity index (χ4v) is 1.44. The van der Waals surface area contributed by atoms with Gasteiger partial charge in [-0.25, -0.2) is 4.79 Å². The van der Waals surface area contributed by atoms with Crippen LogP contribution < -0.4 is 4.74 Å². The Labute approximate surface area is 105 Å². The quantitative estimate of drug-likeness (QED) is 0.774. The highest BCUT2D eigenvalue weighted by Crippen LogP contribution is 2.12. The van der Waals surface area contributed by atoms with Gasteiger partial charge in [-0.1, -0.05) is 0 Å². The van der Waals surface area contributed by atoms with Crippen LogP contribution in [0, 0.1) is 0 Å². The zero-order valence-corrected chi connectivity index (χ0v) is 10.00. The van der Waals surface area contributed by atoms with Gasteiger partial charge in [0, 0.05) is 12.4 Å². The lowest BCUT2D eigenvalue weighted by Gasteiger charge is -2.05. The van der Waals surface area contributed by atoms with Crippen molar-refractivity contribution in [3.63, 3.8) is 0 Å². The second-order valence-electron chi connectivity index (χ2n) is 3.66. The molecule has 0 spiro atoms. The lowest BCUT2D eigenvalue weighted by Crippen LogP contribution is -2.05. The van der Waals surface area contributed by atoms with Gasteiger partial charge in [0.05, 0.1) is 12.7 Å². The molecule has 92 valence electrons. The first kappa shape index (κ1) is 12.1. The van der Waals surface area contributed by atoms with Crippen molar-refractivity contribution in [2.24, 2.45) is 0 Å². The molecule has 1 aromatic heterocycles. The van der Waals surface area contributed by atoms with Gasteiger partial charge >= 0.3 is 5.97 Å². The van der Waals surface area contributed by atoms with Crippen LogP contribution in [0.4, 0.5) is 0 Å². The molecule has 0 saturated carbocycles. The number of hydrogen-bond donors (Lipinski definition) is 0. The number of pyridine rings is 1. The largest absolute Gasteiger partial charge is 0.497 e. The molecule has 0 bridgehead atoms. The molecule has 0 aliphatic heterocycles. The molecule has 0 aliphatic rings. The highest BCUT2D eigenvalue weighted by atomic mass is 16.5. The van der Waals surface area contributed by atoms with Crippen molar-refractivity contribution in [3.8, 4) is 5.75 Å². The minimum absolute atomic E-state index is 0.243. The predicted octanol–water partition coefficient (Wildman–Crippen LogP) is 2.45. The first-order valence-electron chi connectivity index (χ1n) is 5.49. The van der Waals surface area contributed by atoms with Crippen LogP contribution in [-0.4, -0.2) is 18.1 Å². The summed E-state index contributed by atoms with van der Waals surface area (Å²) in [4.78, 5) is 15.6. The van der Waals surface area contributed by atoms with Crippen molar-refractivity contribution >= 4 is 5.97 Å². The maximum Gasteiger partial charge on any atom is 0.338 e. The predicted molar refractivity (Wildman–Crippen MR) is 66.4 cm³/mol. The Kier molecular flexibility index (Phi) is 3.91. The van der Waals surface area contributed by atoms with Crippen molar-refractivity contribution in [2.45, 2.75) is 6.61 Å². The second kappa shape index (κ2) is 5.82. The molecule has 2 rings (SSSR count). The van der Waals surface area contributed by atoms with Gasteiger partial charge in [-0.3, -0.25) is 4.98 Å². The van der Waals surface area contributed by atoms with Gasteiger partial charge < -0.3 is 9.47 Å². The average Bonchev–Trinajstić information content (AvgIpc) is 2.46. The highest BCUT2D eigenvalue weighted by molar-refractivity contribution is 5.89. The summed E-state index contributed by atoms with van der Waals surface area (Å²) in [6.07, 6.45) is 3.33. The molecule has 0 aliphatic carbocycles. The molecule has 18 heavy (non-hydrogen) atoms. The van der Waals surface area contributed by atoms with E-state index in [1.165, 1.54) is 0 Å². The van der Waals surface area contributed by atoms with Gasteiger partial charge in [0.2, 0.25) is 0 Å². The summed E-state index contributed by atoms with van der Waals surface area (Å²) in [6.45, 7) is 0.243. The molecule has 0 radical (unpaired) electrons. The molecule has 1 heterocycles. The number of benzene rings is 1.